The SMILES string of the molecule is COC(=O)c1ccc(C2C(=C(O)c3ccccc3)C(=O)C(=O)N2c2nc3c(C)cc(C)cc3s2)cc1. The zero-order valence-corrected chi connectivity index (χ0v) is 20.6. The molecule has 1 fully saturated rings. The average Bonchev–Trinajstić information content (AvgIpc) is 3.42. The van der Waals surface area contributed by atoms with Gasteiger partial charge in [0.1, 0.15) is 5.76 Å². The van der Waals surface area contributed by atoms with Crippen molar-refractivity contribution < 1.29 is 24.2 Å². The van der Waals surface area contributed by atoms with Gasteiger partial charge in [0.15, 0.2) is 5.13 Å². The second kappa shape index (κ2) is 9.05. The summed E-state index contributed by atoms with van der Waals surface area (Å²) in [6.45, 7) is 3.94. The summed E-state index contributed by atoms with van der Waals surface area (Å²) in [6.07, 6.45) is 0. The molecular weight excluding hydrogens is 476 g/mol. The highest BCUT2D eigenvalue weighted by Crippen LogP contribution is 2.44. The van der Waals surface area contributed by atoms with Gasteiger partial charge in [0.25, 0.3) is 5.78 Å². The Kier molecular flexibility index (Phi) is 5.89. The Labute approximate surface area is 211 Å². The predicted octanol–water partition coefficient (Wildman–Crippen LogP) is 5.33. The summed E-state index contributed by atoms with van der Waals surface area (Å²) in [4.78, 5) is 44.8. The van der Waals surface area contributed by atoms with Crippen LogP contribution in [0.15, 0.2) is 72.3 Å². The summed E-state index contributed by atoms with van der Waals surface area (Å²) < 4.78 is 5.68. The molecule has 1 atom stereocenters. The minimum Gasteiger partial charge on any atom is -0.507 e. The number of amides is 1. The first-order valence-corrected chi connectivity index (χ1v) is 12.0. The van der Waals surface area contributed by atoms with E-state index in [9.17, 15) is 19.5 Å². The third-order valence-electron chi connectivity index (χ3n) is 6.16. The van der Waals surface area contributed by atoms with Crippen LogP contribution in [0.4, 0.5) is 5.13 Å². The third-order valence-corrected chi connectivity index (χ3v) is 7.17. The number of aryl methyl sites for hydroxylation is 2. The molecule has 1 unspecified atom stereocenters. The Morgan fingerprint density at radius 2 is 1.69 bits per heavy atom. The highest BCUT2D eigenvalue weighted by Gasteiger charge is 2.48. The minimum atomic E-state index is -0.932. The van der Waals surface area contributed by atoms with Crippen LogP contribution in [-0.4, -0.2) is 34.9 Å². The standard InChI is InChI=1S/C28H22N2O5S/c1-15-13-16(2)22-20(14-15)36-28(29-22)30-23(17-9-11-19(12-10-17)27(34)35-3)21(25(32)26(30)33)24(31)18-7-5-4-6-8-18/h4-14,23,31H,1-3H3. The first kappa shape index (κ1) is 23.4. The van der Waals surface area contributed by atoms with Crippen molar-refractivity contribution in [3.8, 4) is 0 Å². The predicted molar refractivity (Wildman–Crippen MR) is 138 cm³/mol. The van der Waals surface area contributed by atoms with Crippen molar-refractivity contribution >= 4 is 50.1 Å². The van der Waals surface area contributed by atoms with Crippen LogP contribution in [0.5, 0.6) is 0 Å². The molecular formula is C28H22N2O5S. The van der Waals surface area contributed by atoms with E-state index in [4.69, 9.17) is 9.72 Å². The molecule has 7 nitrogen and oxygen atoms in total. The summed E-state index contributed by atoms with van der Waals surface area (Å²) in [5, 5.41) is 11.6. The number of nitrogens with zero attached hydrogens (tertiary/aromatic N) is 2. The molecule has 3 aromatic carbocycles. The number of carbonyl (C=O) groups is 3. The largest absolute Gasteiger partial charge is 0.507 e. The number of ketones is 1. The van der Waals surface area contributed by atoms with E-state index in [2.05, 4.69) is 0 Å². The summed E-state index contributed by atoms with van der Waals surface area (Å²) in [6, 6.07) is 18.1. The number of aliphatic hydroxyl groups is 1. The minimum absolute atomic E-state index is 0.0378. The number of ether oxygens (including phenoxy) is 1. The van der Waals surface area contributed by atoms with Crippen molar-refractivity contribution in [2.75, 3.05) is 12.0 Å². The van der Waals surface area contributed by atoms with Crippen LogP contribution in [0.3, 0.4) is 0 Å². The van der Waals surface area contributed by atoms with Crippen LogP contribution in [0.2, 0.25) is 0 Å². The number of fused-ring (bicyclic) bond motifs is 1. The molecule has 0 spiro atoms. The van der Waals surface area contributed by atoms with E-state index in [0.717, 1.165) is 21.3 Å². The molecule has 1 aliphatic heterocycles. The molecule has 0 aliphatic carbocycles. The maximum atomic E-state index is 13.4. The topological polar surface area (TPSA) is 96.8 Å². The van der Waals surface area contributed by atoms with Crippen LogP contribution in [0.25, 0.3) is 16.0 Å². The molecule has 180 valence electrons. The first-order valence-electron chi connectivity index (χ1n) is 11.2. The molecule has 0 radical (unpaired) electrons. The number of carbonyl (C=O) groups excluding carboxylic acids is 3. The van der Waals surface area contributed by atoms with E-state index >= 15 is 0 Å². The van der Waals surface area contributed by atoms with Crippen molar-refractivity contribution in [2.24, 2.45) is 0 Å². The van der Waals surface area contributed by atoms with Crippen molar-refractivity contribution in [1.29, 1.82) is 0 Å². The lowest BCUT2D eigenvalue weighted by atomic mass is 9.95. The van der Waals surface area contributed by atoms with Crippen LogP contribution in [-0.2, 0) is 14.3 Å². The van der Waals surface area contributed by atoms with Gasteiger partial charge in [0.05, 0.1) is 34.5 Å². The van der Waals surface area contributed by atoms with Gasteiger partial charge in [0.2, 0.25) is 0 Å². The maximum Gasteiger partial charge on any atom is 0.337 e. The zero-order valence-electron chi connectivity index (χ0n) is 19.8. The molecule has 4 aromatic rings. The molecule has 1 aliphatic rings. The van der Waals surface area contributed by atoms with Gasteiger partial charge in [-0.05, 0) is 48.7 Å². The Morgan fingerprint density at radius 1 is 1.00 bits per heavy atom. The first-order chi connectivity index (χ1) is 17.3. The number of rotatable bonds is 4. The highest BCUT2D eigenvalue weighted by molar-refractivity contribution is 7.22. The van der Waals surface area contributed by atoms with Crippen molar-refractivity contribution in [1.82, 2.24) is 4.98 Å². The van der Waals surface area contributed by atoms with Gasteiger partial charge in [-0.2, -0.15) is 0 Å². The van der Waals surface area contributed by atoms with E-state index in [0.29, 0.717) is 21.8 Å². The maximum absolute atomic E-state index is 13.4. The number of Topliss-reactive ketones (excluding diaryl/α,β-unsaturated/α-hetero) is 1. The van der Waals surface area contributed by atoms with Crippen LogP contribution in [0.1, 0.15) is 38.7 Å². The number of aromatic nitrogens is 1. The lowest BCUT2D eigenvalue weighted by Gasteiger charge is -2.23. The second-order valence-corrected chi connectivity index (χ2v) is 9.58. The number of methoxy groups -OCH3 is 1. The molecule has 1 N–H and O–H groups in total. The van der Waals surface area contributed by atoms with Gasteiger partial charge >= 0.3 is 11.9 Å². The van der Waals surface area contributed by atoms with Crippen molar-refractivity contribution in [2.45, 2.75) is 19.9 Å². The number of esters is 1. The molecule has 5 rings (SSSR count). The van der Waals surface area contributed by atoms with Gasteiger partial charge in [-0.25, -0.2) is 9.78 Å². The third kappa shape index (κ3) is 3.85. The smallest absolute Gasteiger partial charge is 0.337 e. The summed E-state index contributed by atoms with van der Waals surface area (Å²) in [5.41, 5.74) is 4.04. The molecule has 8 heteroatoms. The van der Waals surface area contributed by atoms with Gasteiger partial charge in [0, 0.05) is 5.56 Å². The lowest BCUT2D eigenvalue weighted by molar-refractivity contribution is -0.132. The van der Waals surface area contributed by atoms with Gasteiger partial charge < -0.3 is 9.84 Å². The Balaban J connectivity index is 1.72. The Hall–Kier alpha value is -4.30. The second-order valence-electron chi connectivity index (χ2n) is 8.57. The molecule has 2 heterocycles. The zero-order chi connectivity index (χ0) is 25.6. The van der Waals surface area contributed by atoms with Gasteiger partial charge in [-0.15, -0.1) is 0 Å². The van der Waals surface area contributed by atoms with Crippen LogP contribution < -0.4 is 4.90 Å². The molecule has 36 heavy (non-hydrogen) atoms. The number of benzene rings is 3. The Bertz CT molecular complexity index is 1550. The molecule has 1 amide bonds. The lowest BCUT2D eigenvalue weighted by Crippen LogP contribution is -2.29. The summed E-state index contributed by atoms with van der Waals surface area (Å²) in [7, 11) is 1.29. The van der Waals surface area contributed by atoms with E-state index in [1.807, 2.05) is 26.0 Å². The fraction of sp³-hybridized carbons (Fsp3) is 0.143. The highest BCUT2D eigenvalue weighted by atomic mass is 32.1. The van der Waals surface area contributed by atoms with Crippen LogP contribution >= 0.6 is 11.3 Å². The Morgan fingerprint density at radius 3 is 2.36 bits per heavy atom. The monoisotopic (exact) mass is 498 g/mol. The van der Waals surface area contributed by atoms with Crippen molar-refractivity contribution in [3.63, 3.8) is 0 Å². The molecule has 1 saturated heterocycles. The van der Waals surface area contributed by atoms with E-state index in [1.54, 1.807) is 54.6 Å². The number of thiazole rings is 1. The van der Waals surface area contributed by atoms with Gasteiger partial charge in [-0.1, -0.05) is 59.9 Å². The number of hydrogen-bond donors (Lipinski definition) is 1. The average molecular weight is 499 g/mol. The normalized spacial score (nSPS) is 17.1. The summed E-state index contributed by atoms with van der Waals surface area (Å²) in [5.74, 6) is -2.35. The fourth-order valence-electron chi connectivity index (χ4n) is 4.48. The number of hydrogen-bond acceptors (Lipinski definition) is 7. The van der Waals surface area contributed by atoms with Gasteiger partial charge in [-0.3, -0.25) is 14.5 Å². The fourth-order valence-corrected chi connectivity index (χ4v) is 5.65. The van der Waals surface area contributed by atoms with Crippen molar-refractivity contribution in [3.05, 3.63) is 100 Å². The number of anilines is 1. The molecule has 0 bridgehead atoms. The molecule has 0 saturated carbocycles. The van der Waals surface area contributed by atoms with E-state index < -0.39 is 23.7 Å². The molecule has 1 aromatic heterocycles. The van der Waals surface area contributed by atoms with E-state index in [-0.39, 0.29) is 11.3 Å². The van der Waals surface area contributed by atoms with E-state index in [1.165, 1.54) is 23.3 Å². The summed E-state index contributed by atoms with van der Waals surface area (Å²) >= 11 is 1.31. The quantitative estimate of drug-likeness (QED) is 0.177. The number of aliphatic hydroxyl groups excluding tert-OH is 1. The van der Waals surface area contributed by atoms with Crippen LogP contribution in [0, 0.1) is 13.8 Å².